The molecule has 0 saturated heterocycles. The monoisotopic (exact) mass is 234 g/mol. The zero-order valence-corrected chi connectivity index (χ0v) is 9.64. The van der Waals surface area contributed by atoms with Crippen molar-refractivity contribution < 1.29 is 9.13 Å². The molecule has 1 aromatic heterocycles. The molecule has 0 spiro atoms. The maximum absolute atomic E-state index is 13.9. The zero-order chi connectivity index (χ0) is 12.3. The van der Waals surface area contributed by atoms with Crippen molar-refractivity contribution in [2.24, 2.45) is 5.73 Å². The predicted octanol–water partition coefficient (Wildman–Crippen LogP) is 2.26. The van der Waals surface area contributed by atoms with Crippen LogP contribution in [0.5, 0.6) is 0 Å². The predicted molar refractivity (Wildman–Crippen MR) is 64.5 cm³/mol. The highest BCUT2D eigenvalue weighted by atomic mass is 19.1. The van der Waals surface area contributed by atoms with Gasteiger partial charge in [-0.3, -0.25) is 0 Å². The topological polar surface area (TPSA) is 40.2 Å². The molecule has 0 aliphatic heterocycles. The van der Waals surface area contributed by atoms with Crippen molar-refractivity contribution in [3.8, 4) is 5.69 Å². The molecule has 90 valence electrons. The van der Waals surface area contributed by atoms with Gasteiger partial charge in [-0.05, 0) is 29.8 Å². The molecule has 2 rings (SSSR count). The van der Waals surface area contributed by atoms with E-state index in [0.717, 1.165) is 5.56 Å². The number of halogens is 1. The minimum absolute atomic E-state index is 0.287. The van der Waals surface area contributed by atoms with Crippen LogP contribution in [0.4, 0.5) is 4.39 Å². The van der Waals surface area contributed by atoms with E-state index in [2.05, 4.69) is 0 Å². The lowest BCUT2D eigenvalue weighted by Gasteiger charge is -2.12. The first-order valence-electron chi connectivity index (χ1n) is 5.39. The summed E-state index contributed by atoms with van der Waals surface area (Å²) in [5, 5.41) is 0. The SMILES string of the molecule is COC[C@H](N)c1ccc(-n2cccc2)c(F)c1. The number of nitrogens with zero attached hydrogens (tertiary/aromatic N) is 1. The Morgan fingerprint density at radius 2 is 2.06 bits per heavy atom. The lowest BCUT2D eigenvalue weighted by molar-refractivity contribution is 0.181. The van der Waals surface area contributed by atoms with Crippen LogP contribution < -0.4 is 5.73 Å². The number of ether oxygens (including phenoxy) is 1. The first-order chi connectivity index (χ1) is 8.22. The summed E-state index contributed by atoms with van der Waals surface area (Å²) in [4.78, 5) is 0. The van der Waals surface area contributed by atoms with Crippen LogP contribution in [0.25, 0.3) is 5.69 Å². The fourth-order valence-corrected chi connectivity index (χ4v) is 1.73. The zero-order valence-electron chi connectivity index (χ0n) is 9.64. The Morgan fingerprint density at radius 3 is 2.65 bits per heavy atom. The third-order valence-corrected chi connectivity index (χ3v) is 2.63. The van der Waals surface area contributed by atoms with Gasteiger partial charge in [0.25, 0.3) is 0 Å². The second-order valence-corrected chi connectivity index (χ2v) is 3.86. The molecule has 1 aromatic carbocycles. The van der Waals surface area contributed by atoms with E-state index in [1.807, 2.05) is 18.2 Å². The number of rotatable bonds is 4. The summed E-state index contributed by atoms with van der Waals surface area (Å²) in [6.07, 6.45) is 3.60. The van der Waals surface area contributed by atoms with Crippen molar-refractivity contribution >= 4 is 0 Å². The molecule has 2 N–H and O–H groups in total. The van der Waals surface area contributed by atoms with E-state index in [4.69, 9.17) is 10.5 Å². The van der Waals surface area contributed by atoms with Crippen molar-refractivity contribution in [1.82, 2.24) is 4.57 Å². The van der Waals surface area contributed by atoms with Crippen molar-refractivity contribution in [3.63, 3.8) is 0 Å². The fourth-order valence-electron chi connectivity index (χ4n) is 1.73. The summed E-state index contributed by atoms with van der Waals surface area (Å²) in [7, 11) is 1.57. The van der Waals surface area contributed by atoms with E-state index < -0.39 is 0 Å². The standard InChI is InChI=1S/C13H15FN2O/c1-17-9-12(15)10-4-5-13(11(14)8-10)16-6-2-3-7-16/h2-8,12H,9,15H2,1H3/t12-/m0/s1. The molecule has 0 amide bonds. The molecule has 4 heteroatoms. The first kappa shape index (κ1) is 11.8. The van der Waals surface area contributed by atoms with Gasteiger partial charge in [-0.15, -0.1) is 0 Å². The highest BCUT2D eigenvalue weighted by Gasteiger charge is 2.10. The third-order valence-electron chi connectivity index (χ3n) is 2.63. The summed E-state index contributed by atoms with van der Waals surface area (Å²) in [5.41, 5.74) is 7.10. The van der Waals surface area contributed by atoms with Crippen molar-refractivity contribution in [2.45, 2.75) is 6.04 Å². The summed E-state index contributed by atoms with van der Waals surface area (Å²) < 4.78 is 20.6. The Morgan fingerprint density at radius 1 is 1.35 bits per heavy atom. The van der Waals surface area contributed by atoms with E-state index in [9.17, 15) is 4.39 Å². The van der Waals surface area contributed by atoms with Gasteiger partial charge in [0.2, 0.25) is 0 Å². The van der Waals surface area contributed by atoms with Crippen LogP contribution in [0.1, 0.15) is 11.6 Å². The smallest absolute Gasteiger partial charge is 0.147 e. The maximum atomic E-state index is 13.9. The molecule has 0 fully saturated rings. The highest BCUT2D eigenvalue weighted by molar-refractivity contribution is 5.38. The van der Waals surface area contributed by atoms with Crippen molar-refractivity contribution in [3.05, 3.63) is 54.1 Å². The Bertz CT molecular complexity index is 482. The number of hydrogen-bond donors (Lipinski definition) is 1. The maximum Gasteiger partial charge on any atom is 0.147 e. The van der Waals surface area contributed by atoms with Gasteiger partial charge in [0.15, 0.2) is 0 Å². The molecule has 1 heterocycles. The molecule has 0 aliphatic rings. The summed E-state index contributed by atoms with van der Waals surface area (Å²) >= 11 is 0. The number of nitrogens with two attached hydrogens (primary N) is 1. The number of aromatic nitrogens is 1. The normalized spacial score (nSPS) is 12.6. The van der Waals surface area contributed by atoms with Gasteiger partial charge in [0.05, 0.1) is 18.3 Å². The van der Waals surface area contributed by atoms with Gasteiger partial charge in [0.1, 0.15) is 5.82 Å². The number of benzene rings is 1. The third kappa shape index (κ3) is 2.54. The van der Waals surface area contributed by atoms with Gasteiger partial charge in [-0.25, -0.2) is 4.39 Å². The lowest BCUT2D eigenvalue weighted by atomic mass is 10.1. The summed E-state index contributed by atoms with van der Waals surface area (Å²) in [6, 6.07) is 8.41. The fraction of sp³-hybridized carbons (Fsp3) is 0.231. The summed E-state index contributed by atoms with van der Waals surface area (Å²) in [5.74, 6) is -0.287. The van der Waals surface area contributed by atoms with E-state index in [0.29, 0.717) is 12.3 Å². The van der Waals surface area contributed by atoms with Gasteiger partial charge in [0, 0.05) is 19.5 Å². The van der Waals surface area contributed by atoms with Crippen LogP contribution >= 0.6 is 0 Å². The largest absolute Gasteiger partial charge is 0.383 e. The first-order valence-corrected chi connectivity index (χ1v) is 5.39. The quantitative estimate of drug-likeness (QED) is 0.881. The molecular weight excluding hydrogens is 219 g/mol. The molecule has 0 unspecified atom stereocenters. The molecular formula is C13H15FN2O. The Kier molecular flexibility index (Phi) is 3.56. The van der Waals surface area contributed by atoms with Gasteiger partial charge in [-0.1, -0.05) is 6.07 Å². The number of hydrogen-bond acceptors (Lipinski definition) is 2. The van der Waals surface area contributed by atoms with Gasteiger partial charge in [-0.2, -0.15) is 0 Å². The Hall–Kier alpha value is -1.65. The molecule has 0 saturated carbocycles. The van der Waals surface area contributed by atoms with E-state index >= 15 is 0 Å². The molecule has 0 aliphatic carbocycles. The van der Waals surface area contributed by atoms with Crippen LogP contribution in [0.15, 0.2) is 42.7 Å². The van der Waals surface area contributed by atoms with Crippen LogP contribution in [0.2, 0.25) is 0 Å². The van der Waals surface area contributed by atoms with Crippen molar-refractivity contribution in [1.29, 1.82) is 0 Å². The van der Waals surface area contributed by atoms with Crippen molar-refractivity contribution in [2.75, 3.05) is 13.7 Å². The van der Waals surface area contributed by atoms with E-state index in [1.54, 1.807) is 30.1 Å². The second kappa shape index (κ2) is 5.12. The molecule has 1 atom stereocenters. The lowest BCUT2D eigenvalue weighted by Crippen LogP contribution is -2.16. The Labute approximate surface area is 99.6 Å². The van der Waals surface area contributed by atoms with E-state index in [1.165, 1.54) is 6.07 Å². The molecule has 2 aromatic rings. The van der Waals surface area contributed by atoms with Crippen LogP contribution in [0.3, 0.4) is 0 Å². The van der Waals surface area contributed by atoms with E-state index in [-0.39, 0.29) is 11.9 Å². The van der Waals surface area contributed by atoms with Crippen LogP contribution in [0, 0.1) is 5.82 Å². The van der Waals surface area contributed by atoms with Crippen LogP contribution in [-0.4, -0.2) is 18.3 Å². The average Bonchev–Trinajstić information content (AvgIpc) is 2.82. The summed E-state index contributed by atoms with van der Waals surface area (Å²) in [6.45, 7) is 0.377. The minimum Gasteiger partial charge on any atom is -0.383 e. The highest BCUT2D eigenvalue weighted by Crippen LogP contribution is 2.18. The number of methoxy groups -OCH3 is 1. The van der Waals surface area contributed by atoms with Gasteiger partial charge >= 0.3 is 0 Å². The second-order valence-electron chi connectivity index (χ2n) is 3.86. The molecule has 0 radical (unpaired) electrons. The minimum atomic E-state index is -0.298. The Balaban J connectivity index is 2.29. The van der Waals surface area contributed by atoms with Crippen LogP contribution in [-0.2, 0) is 4.74 Å². The molecule has 3 nitrogen and oxygen atoms in total. The van der Waals surface area contributed by atoms with Gasteiger partial charge < -0.3 is 15.0 Å². The molecule has 17 heavy (non-hydrogen) atoms. The molecule has 0 bridgehead atoms. The average molecular weight is 234 g/mol.